The van der Waals surface area contributed by atoms with E-state index in [9.17, 15) is 14.0 Å². The molecule has 0 saturated heterocycles. The van der Waals surface area contributed by atoms with Gasteiger partial charge >= 0.3 is 0 Å². The van der Waals surface area contributed by atoms with Crippen molar-refractivity contribution in [2.45, 2.75) is 18.7 Å². The highest BCUT2D eigenvalue weighted by Crippen LogP contribution is 2.48. The Morgan fingerprint density at radius 2 is 1.79 bits per heavy atom. The van der Waals surface area contributed by atoms with Gasteiger partial charge in [0.25, 0.3) is 0 Å². The van der Waals surface area contributed by atoms with Crippen LogP contribution in [0, 0.1) is 12.7 Å². The van der Waals surface area contributed by atoms with Crippen molar-refractivity contribution in [1.29, 1.82) is 0 Å². The number of hydrogen-bond donors (Lipinski definition) is 1. The smallest absolute Gasteiger partial charge is 0.240 e. The van der Waals surface area contributed by atoms with Gasteiger partial charge in [-0.1, -0.05) is 66.2 Å². The lowest BCUT2D eigenvalue weighted by Crippen LogP contribution is -2.42. The second-order valence-electron chi connectivity index (χ2n) is 10.0. The summed E-state index contributed by atoms with van der Waals surface area (Å²) in [6.45, 7) is 2.03. The van der Waals surface area contributed by atoms with Gasteiger partial charge in [0.05, 0.1) is 34.6 Å². The maximum Gasteiger partial charge on any atom is 0.240 e. The topological polar surface area (TPSA) is 80.1 Å². The molecule has 1 atom stereocenters. The minimum Gasteiger partial charge on any atom is -0.349 e. The minimum absolute atomic E-state index is 0.103. The molecule has 9 heteroatoms. The van der Waals surface area contributed by atoms with Gasteiger partial charge in [0.1, 0.15) is 18.2 Å². The number of carbonyl (C=O) groups is 2. The Morgan fingerprint density at radius 3 is 2.52 bits per heavy atom. The predicted octanol–water partition coefficient (Wildman–Crippen LogP) is 5.87. The summed E-state index contributed by atoms with van der Waals surface area (Å²) < 4.78 is 16.3. The van der Waals surface area contributed by atoms with Crippen LogP contribution in [0.25, 0.3) is 16.9 Å². The quantitative estimate of drug-likeness (QED) is 0.262. The zero-order valence-electron chi connectivity index (χ0n) is 22.9. The van der Waals surface area contributed by atoms with Gasteiger partial charge < -0.3 is 5.32 Å². The second-order valence-corrected chi connectivity index (χ2v) is 11.1. The van der Waals surface area contributed by atoms with Crippen molar-refractivity contribution in [1.82, 2.24) is 20.1 Å². The van der Waals surface area contributed by atoms with Crippen LogP contribution >= 0.6 is 11.8 Å². The number of aryl methyl sites for hydroxylation is 1. The first-order chi connectivity index (χ1) is 20.5. The number of carbonyl (C=O) groups excluding carboxylic acids is 2. The molecule has 0 unspecified atom stereocenters. The van der Waals surface area contributed by atoms with E-state index in [4.69, 9.17) is 5.10 Å². The van der Waals surface area contributed by atoms with Gasteiger partial charge in [-0.15, -0.1) is 11.8 Å². The molecule has 5 aromatic rings. The Hall–Kier alpha value is -4.76. The van der Waals surface area contributed by atoms with Crippen molar-refractivity contribution >= 4 is 29.4 Å². The number of hydrogen-bond acceptors (Lipinski definition) is 5. The first kappa shape index (κ1) is 27.4. The molecule has 1 N–H and O–H groups in total. The van der Waals surface area contributed by atoms with E-state index in [-0.39, 0.29) is 36.5 Å². The van der Waals surface area contributed by atoms with Crippen molar-refractivity contribution in [3.05, 3.63) is 131 Å². The molecule has 2 amide bonds. The number of amides is 2. The molecule has 0 spiro atoms. The van der Waals surface area contributed by atoms with E-state index >= 15 is 0 Å². The Labute approximate surface area is 247 Å². The molecule has 0 saturated carbocycles. The maximum absolute atomic E-state index is 14.5. The second kappa shape index (κ2) is 12.0. The van der Waals surface area contributed by atoms with E-state index in [0.29, 0.717) is 17.2 Å². The van der Waals surface area contributed by atoms with E-state index in [1.165, 1.54) is 28.8 Å². The predicted molar refractivity (Wildman–Crippen MR) is 163 cm³/mol. The Morgan fingerprint density at radius 1 is 1.00 bits per heavy atom. The lowest BCUT2D eigenvalue weighted by Gasteiger charge is -2.23. The van der Waals surface area contributed by atoms with E-state index in [2.05, 4.69) is 10.3 Å². The Bertz CT molecular complexity index is 1730. The lowest BCUT2D eigenvalue weighted by atomic mass is 9.99. The zero-order valence-corrected chi connectivity index (χ0v) is 23.7. The lowest BCUT2D eigenvalue weighted by molar-refractivity contribution is -0.123. The molecule has 1 aliphatic heterocycles. The van der Waals surface area contributed by atoms with Crippen LogP contribution in [0.1, 0.15) is 27.6 Å². The number of fused-ring (bicyclic) bond motifs is 1. The number of benzene rings is 3. The number of thioether (sulfide) groups is 1. The summed E-state index contributed by atoms with van der Waals surface area (Å²) >= 11 is 1.40. The highest BCUT2D eigenvalue weighted by molar-refractivity contribution is 8.00. The highest BCUT2D eigenvalue weighted by Gasteiger charge is 2.37. The van der Waals surface area contributed by atoms with Gasteiger partial charge in [-0.3, -0.25) is 19.5 Å². The van der Waals surface area contributed by atoms with E-state index in [0.717, 1.165) is 27.9 Å². The summed E-state index contributed by atoms with van der Waals surface area (Å²) in [5, 5.41) is 7.55. The third-order valence-corrected chi connectivity index (χ3v) is 8.32. The molecule has 3 aromatic carbocycles. The van der Waals surface area contributed by atoms with Crippen LogP contribution in [-0.2, 0) is 16.1 Å². The molecule has 6 rings (SSSR count). The average molecular weight is 578 g/mol. The van der Waals surface area contributed by atoms with E-state index in [1.807, 2.05) is 85.8 Å². The highest BCUT2D eigenvalue weighted by atomic mass is 32.2. The summed E-state index contributed by atoms with van der Waals surface area (Å²) in [5.41, 5.74) is 5.53. The number of pyridine rings is 1. The monoisotopic (exact) mass is 577 g/mol. The standard InChI is InChI=1S/C33H28FN5O2S/c1-22-13-15-27(16-14-22)39-33-30(31(37-39)23-8-3-2-4-9-23)32(24-10-7-11-25(34)18-24)42-21-29(41)38(33)20-28(40)36-19-26-12-5-6-17-35-26/h2-18,32H,19-21H2,1H3,(H,36,40)/t32-/m1/s1. The van der Waals surface area contributed by atoms with Gasteiger partial charge in [0.15, 0.2) is 0 Å². The summed E-state index contributed by atoms with van der Waals surface area (Å²) in [6, 6.07) is 29.5. The molecule has 3 heterocycles. The van der Waals surface area contributed by atoms with Gasteiger partial charge in [-0.05, 0) is 48.9 Å². The molecule has 1 aliphatic rings. The van der Waals surface area contributed by atoms with Crippen molar-refractivity contribution < 1.29 is 14.0 Å². The van der Waals surface area contributed by atoms with Crippen LogP contribution in [-0.4, -0.2) is 38.9 Å². The number of rotatable bonds is 7. The van der Waals surface area contributed by atoms with Crippen LogP contribution < -0.4 is 10.2 Å². The maximum atomic E-state index is 14.5. The van der Waals surface area contributed by atoms with Crippen LogP contribution in [0.15, 0.2) is 103 Å². The minimum atomic E-state index is -0.407. The number of nitrogens with zero attached hydrogens (tertiary/aromatic N) is 4. The zero-order chi connectivity index (χ0) is 29.1. The van der Waals surface area contributed by atoms with E-state index in [1.54, 1.807) is 16.9 Å². The first-order valence-corrected chi connectivity index (χ1v) is 14.6. The molecule has 0 aliphatic carbocycles. The van der Waals surface area contributed by atoms with Crippen molar-refractivity contribution in [3.63, 3.8) is 0 Å². The largest absolute Gasteiger partial charge is 0.349 e. The summed E-state index contributed by atoms with van der Waals surface area (Å²) in [5.74, 6) is -0.322. The van der Waals surface area contributed by atoms with Gasteiger partial charge in [0.2, 0.25) is 11.8 Å². The third-order valence-electron chi connectivity index (χ3n) is 7.06. The van der Waals surface area contributed by atoms with Gasteiger partial charge in [0, 0.05) is 17.3 Å². The molecule has 42 heavy (non-hydrogen) atoms. The van der Waals surface area contributed by atoms with Crippen molar-refractivity contribution in [2.75, 3.05) is 17.2 Å². The fraction of sp³-hybridized carbons (Fsp3) is 0.152. The molecule has 2 aromatic heterocycles. The molecular weight excluding hydrogens is 549 g/mol. The third kappa shape index (κ3) is 5.69. The molecule has 0 fully saturated rings. The van der Waals surface area contributed by atoms with E-state index < -0.39 is 5.25 Å². The first-order valence-electron chi connectivity index (χ1n) is 13.6. The van der Waals surface area contributed by atoms with Crippen molar-refractivity contribution in [3.8, 4) is 16.9 Å². The normalized spacial score (nSPS) is 14.8. The van der Waals surface area contributed by atoms with Gasteiger partial charge in [-0.25, -0.2) is 9.07 Å². The van der Waals surface area contributed by atoms with Crippen LogP contribution in [0.2, 0.25) is 0 Å². The van der Waals surface area contributed by atoms with Gasteiger partial charge in [-0.2, -0.15) is 5.10 Å². The Kier molecular flexibility index (Phi) is 7.83. The fourth-order valence-corrected chi connectivity index (χ4v) is 6.21. The summed E-state index contributed by atoms with van der Waals surface area (Å²) in [7, 11) is 0. The van der Waals surface area contributed by atoms with Crippen LogP contribution in [0.5, 0.6) is 0 Å². The number of anilines is 1. The fourth-order valence-electron chi connectivity index (χ4n) is 5.02. The molecule has 0 radical (unpaired) electrons. The van der Waals surface area contributed by atoms with Crippen LogP contribution in [0.4, 0.5) is 10.2 Å². The molecular formula is C33H28FN5O2S. The summed E-state index contributed by atoms with van der Waals surface area (Å²) in [4.78, 5) is 32.9. The van der Waals surface area contributed by atoms with Crippen molar-refractivity contribution in [2.24, 2.45) is 0 Å². The number of nitrogens with one attached hydrogen (secondary N) is 1. The average Bonchev–Trinajstić information content (AvgIpc) is 3.33. The molecule has 0 bridgehead atoms. The Balaban J connectivity index is 1.52. The van der Waals surface area contributed by atoms with Crippen LogP contribution in [0.3, 0.4) is 0 Å². The SMILES string of the molecule is Cc1ccc(-n2nc(-c3ccccc3)c3c2N(CC(=O)NCc2ccccn2)C(=O)CS[C@@H]3c2cccc(F)c2)cc1. The molecule has 7 nitrogen and oxygen atoms in total. The molecule has 210 valence electrons. The summed E-state index contributed by atoms with van der Waals surface area (Å²) in [6.07, 6.45) is 1.67. The number of halogens is 1. The number of aromatic nitrogens is 3.